The van der Waals surface area contributed by atoms with Gasteiger partial charge in [0.15, 0.2) is 6.61 Å². The summed E-state index contributed by atoms with van der Waals surface area (Å²) in [6, 6.07) is 8.71. The molecule has 1 aromatic carbocycles. The van der Waals surface area contributed by atoms with E-state index in [-0.39, 0.29) is 12.5 Å². The number of rotatable bonds is 5. The molecule has 2 rings (SSSR count). The first-order valence-corrected chi connectivity index (χ1v) is 8.48. The summed E-state index contributed by atoms with van der Waals surface area (Å²) in [5.74, 6) is 1.88. The largest absolute Gasteiger partial charge is 0.484 e. The molecule has 1 amide bonds. The Kier molecular flexibility index (Phi) is 6.36. The molecule has 0 aromatic heterocycles. The number of carbonyl (C=O) groups excluding carboxylic acids is 1. The third kappa shape index (κ3) is 5.09. The van der Waals surface area contributed by atoms with Gasteiger partial charge in [-0.05, 0) is 55.4 Å². The van der Waals surface area contributed by atoms with E-state index in [2.05, 4.69) is 31.3 Å². The maximum absolute atomic E-state index is 11.9. The average Bonchev–Trinajstić information content (AvgIpc) is 2.58. The second-order valence-corrected chi connectivity index (χ2v) is 6.80. The normalized spacial score (nSPS) is 22.2. The predicted molar refractivity (Wildman–Crippen MR) is 93.6 cm³/mol. The highest BCUT2D eigenvalue weighted by molar-refractivity contribution is 5.89. The molecule has 1 aliphatic rings. The molecule has 5 heteroatoms. The molecule has 0 bridgehead atoms. The number of hydrogen-bond donors (Lipinski definition) is 1. The quantitative estimate of drug-likeness (QED) is 0.841. The Labute approximate surface area is 143 Å². The molecule has 0 radical (unpaired) electrons. The van der Waals surface area contributed by atoms with E-state index >= 15 is 0 Å². The first-order chi connectivity index (χ1) is 11.5. The van der Waals surface area contributed by atoms with Gasteiger partial charge < -0.3 is 4.74 Å². The highest BCUT2D eigenvalue weighted by Crippen LogP contribution is 2.31. The third-order valence-corrected chi connectivity index (χ3v) is 4.44. The molecule has 0 saturated heterocycles. The van der Waals surface area contributed by atoms with Crippen molar-refractivity contribution >= 4 is 11.6 Å². The number of nitrogens with one attached hydrogen (secondary N) is 1. The molecule has 128 valence electrons. The third-order valence-electron chi connectivity index (χ3n) is 4.44. The number of carbonyl (C=O) groups is 1. The van der Waals surface area contributed by atoms with Crippen LogP contribution in [0.15, 0.2) is 29.4 Å². The fraction of sp³-hybridized carbons (Fsp3) is 0.526. The highest BCUT2D eigenvalue weighted by atomic mass is 16.5. The minimum atomic E-state index is -0.271. The van der Waals surface area contributed by atoms with Crippen LogP contribution in [0, 0.1) is 29.1 Å². The average molecular weight is 327 g/mol. The molecular weight excluding hydrogens is 302 g/mol. The Balaban J connectivity index is 1.87. The van der Waals surface area contributed by atoms with Gasteiger partial charge in [-0.25, -0.2) is 5.43 Å². The van der Waals surface area contributed by atoms with E-state index in [1.807, 2.05) is 6.07 Å². The lowest BCUT2D eigenvalue weighted by Crippen LogP contribution is -2.32. The molecule has 24 heavy (non-hydrogen) atoms. The number of hydrazone groups is 1. The summed E-state index contributed by atoms with van der Waals surface area (Å²) in [7, 11) is 0. The summed E-state index contributed by atoms with van der Waals surface area (Å²) in [4.78, 5) is 11.9. The molecule has 0 aliphatic heterocycles. The number of nitriles is 1. The Morgan fingerprint density at radius 3 is 2.71 bits per heavy atom. The van der Waals surface area contributed by atoms with Gasteiger partial charge >= 0.3 is 0 Å². The number of hydrogen-bond acceptors (Lipinski definition) is 4. The minimum Gasteiger partial charge on any atom is -0.484 e. The van der Waals surface area contributed by atoms with Crippen molar-refractivity contribution < 1.29 is 9.53 Å². The van der Waals surface area contributed by atoms with Crippen LogP contribution in [-0.2, 0) is 4.79 Å². The fourth-order valence-corrected chi connectivity index (χ4v) is 3.03. The van der Waals surface area contributed by atoms with Crippen molar-refractivity contribution in [2.45, 2.75) is 40.0 Å². The number of ether oxygens (including phenoxy) is 1. The molecule has 0 unspecified atom stereocenters. The zero-order valence-electron chi connectivity index (χ0n) is 14.6. The van der Waals surface area contributed by atoms with Crippen LogP contribution >= 0.6 is 0 Å². The van der Waals surface area contributed by atoms with E-state index < -0.39 is 0 Å². The standard InChI is InChI=1S/C19H25N3O2/c1-13(2)17-9-4-14(3)10-18(17)21-22-19(23)12-24-16-7-5-15(11-20)6-8-16/h5-8,13-14,17H,4,9-10,12H2,1-3H3,(H,22,23)/b21-18-/t14-,17+/m0/s1. The van der Waals surface area contributed by atoms with Crippen LogP contribution in [0.25, 0.3) is 0 Å². The van der Waals surface area contributed by atoms with Gasteiger partial charge in [-0.3, -0.25) is 4.79 Å². The summed E-state index contributed by atoms with van der Waals surface area (Å²) in [6.07, 6.45) is 3.30. The molecule has 0 heterocycles. The van der Waals surface area contributed by atoms with Crippen LogP contribution in [0.1, 0.15) is 45.6 Å². The lowest BCUT2D eigenvalue weighted by atomic mass is 9.76. The molecule has 5 nitrogen and oxygen atoms in total. The summed E-state index contributed by atoms with van der Waals surface area (Å²) < 4.78 is 5.41. The van der Waals surface area contributed by atoms with Gasteiger partial charge in [0.1, 0.15) is 5.75 Å². The Morgan fingerprint density at radius 1 is 1.38 bits per heavy atom. The van der Waals surface area contributed by atoms with Crippen molar-refractivity contribution in [3.05, 3.63) is 29.8 Å². The van der Waals surface area contributed by atoms with Gasteiger partial charge in [0.2, 0.25) is 0 Å². The monoisotopic (exact) mass is 327 g/mol. The maximum Gasteiger partial charge on any atom is 0.277 e. The summed E-state index contributed by atoms with van der Waals surface area (Å²) in [6.45, 7) is 6.53. The predicted octanol–water partition coefficient (Wildman–Crippen LogP) is 3.50. The van der Waals surface area contributed by atoms with E-state index in [0.717, 1.165) is 18.6 Å². The second-order valence-electron chi connectivity index (χ2n) is 6.80. The van der Waals surface area contributed by atoms with Crippen molar-refractivity contribution in [1.29, 1.82) is 5.26 Å². The maximum atomic E-state index is 11.9. The van der Waals surface area contributed by atoms with Gasteiger partial charge in [-0.15, -0.1) is 0 Å². The smallest absolute Gasteiger partial charge is 0.277 e. The van der Waals surface area contributed by atoms with E-state index in [4.69, 9.17) is 10.00 Å². The van der Waals surface area contributed by atoms with Crippen molar-refractivity contribution in [1.82, 2.24) is 5.43 Å². The highest BCUT2D eigenvalue weighted by Gasteiger charge is 2.27. The summed E-state index contributed by atoms with van der Waals surface area (Å²) >= 11 is 0. The van der Waals surface area contributed by atoms with Crippen LogP contribution in [-0.4, -0.2) is 18.2 Å². The lowest BCUT2D eigenvalue weighted by Gasteiger charge is -2.30. The van der Waals surface area contributed by atoms with Crippen LogP contribution in [0.2, 0.25) is 0 Å². The molecular formula is C19H25N3O2. The molecule has 0 spiro atoms. The van der Waals surface area contributed by atoms with E-state index in [0.29, 0.717) is 29.1 Å². The van der Waals surface area contributed by atoms with E-state index in [1.165, 1.54) is 6.42 Å². The van der Waals surface area contributed by atoms with Gasteiger partial charge in [0, 0.05) is 11.6 Å². The number of benzene rings is 1. The molecule has 1 aliphatic carbocycles. The molecule has 1 saturated carbocycles. The topological polar surface area (TPSA) is 74.5 Å². The zero-order valence-corrected chi connectivity index (χ0v) is 14.6. The molecule has 1 fully saturated rings. The van der Waals surface area contributed by atoms with Crippen molar-refractivity contribution in [2.24, 2.45) is 22.9 Å². The molecule has 1 N–H and O–H groups in total. The Morgan fingerprint density at radius 2 is 2.08 bits per heavy atom. The molecule has 2 atom stereocenters. The van der Waals surface area contributed by atoms with Crippen LogP contribution < -0.4 is 10.2 Å². The number of nitrogens with zero attached hydrogens (tertiary/aromatic N) is 2. The van der Waals surface area contributed by atoms with Gasteiger partial charge in [0.25, 0.3) is 5.91 Å². The first-order valence-electron chi connectivity index (χ1n) is 8.48. The zero-order chi connectivity index (χ0) is 17.5. The van der Waals surface area contributed by atoms with Crippen molar-refractivity contribution in [3.8, 4) is 11.8 Å². The van der Waals surface area contributed by atoms with Crippen LogP contribution in [0.5, 0.6) is 5.75 Å². The van der Waals surface area contributed by atoms with Crippen LogP contribution in [0.4, 0.5) is 0 Å². The lowest BCUT2D eigenvalue weighted by molar-refractivity contribution is -0.123. The number of amides is 1. The minimum absolute atomic E-state index is 0.0927. The van der Waals surface area contributed by atoms with Gasteiger partial charge in [-0.1, -0.05) is 20.8 Å². The van der Waals surface area contributed by atoms with Crippen molar-refractivity contribution in [3.63, 3.8) is 0 Å². The van der Waals surface area contributed by atoms with Crippen molar-refractivity contribution in [2.75, 3.05) is 6.61 Å². The Bertz CT molecular complexity index is 629. The Hall–Kier alpha value is -2.35. The van der Waals surface area contributed by atoms with Gasteiger partial charge in [-0.2, -0.15) is 10.4 Å². The first kappa shape index (κ1) is 18.0. The van der Waals surface area contributed by atoms with E-state index in [1.54, 1.807) is 24.3 Å². The SMILES string of the molecule is CC(C)[C@H]1CC[C@H](C)C/C1=N/NC(=O)COc1ccc(C#N)cc1. The van der Waals surface area contributed by atoms with Crippen LogP contribution in [0.3, 0.4) is 0 Å². The molecule has 1 aromatic rings. The van der Waals surface area contributed by atoms with E-state index in [9.17, 15) is 4.79 Å². The second kappa shape index (κ2) is 8.49. The summed E-state index contributed by atoms with van der Waals surface area (Å²) in [5, 5.41) is 13.1. The fourth-order valence-electron chi connectivity index (χ4n) is 3.03. The summed E-state index contributed by atoms with van der Waals surface area (Å²) in [5.41, 5.74) is 4.27. The van der Waals surface area contributed by atoms with Gasteiger partial charge in [0.05, 0.1) is 11.6 Å².